The summed E-state index contributed by atoms with van der Waals surface area (Å²) in [5.74, 6) is 0.451. The minimum Gasteiger partial charge on any atom is -0.345 e. The van der Waals surface area contributed by atoms with Gasteiger partial charge >= 0.3 is 0 Å². The van der Waals surface area contributed by atoms with Crippen LogP contribution in [0.2, 0.25) is 5.02 Å². The number of H-pyrrole nitrogens is 1. The minimum atomic E-state index is -0.346. The van der Waals surface area contributed by atoms with Gasteiger partial charge in [-0.2, -0.15) is 0 Å². The van der Waals surface area contributed by atoms with Gasteiger partial charge in [0.2, 0.25) is 5.91 Å². The first-order valence-corrected chi connectivity index (χ1v) is 9.58. The molecule has 0 aliphatic heterocycles. The summed E-state index contributed by atoms with van der Waals surface area (Å²) in [6.45, 7) is 4.05. The minimum absolute atomic E-state index is 0.125. The number of fused-ring (bicyclic) bond motifs is 1. The van der Waals surface area contributed by atoms with Crippen LogP contribution in [0.5, 0.6) is 0 Å². The third-order valence-electron chi connectivity index (χ3n) is 4.28. The highest BCUT2D eigenvalue weighted by Gasteiger charge is 2.20. The van der Waals surface area contributed by atoms with Gasteiger partial charge in [0.1, 0.15) is 5.82 Å². The predicted octanol–water partition coefficient (Wildman–Crippen LogP) is 3.85. The molecule has 0 saturated carbocycles. The van der Waals surface area contributed by atoms with Gasteiger partial charge in [0.15, 0.2) is 0 Å². The molecule has 3 N–H and O–H groups in total. The van der Waals surface area contributed by atoms with E-state index in [9.17, 15) is 9.59 Å². The van der Waals surface area contributed by atoms with E-state index >= 15 is 0 Å². The van der Waals surface area contributed by atoms with Crippen molar-refractivity contribution >= 4 is 34.4 Å². The molecular formula is C21H23ClN4O2. The van der Waals surface area contributed by atoms with Crippen molar-refractivity contribution < 1.29 is 9.59 Å². The zero-order valence-corrected chi connectivity index (χ0v) is 16.6. The van der Waals surface area contributed by atoms with Crippen molar-refractivity contribution in [1.29, 1.82) is 0 Å². The molecule has 0 unspecified atom stereocenters. The van der Waals surface area contributed by atoms with Gasteiger partial charge in [-0.05, 0) is 42.7 Å². The van der Waals surface area contributed by atoms with Crippen LogP contribution in [0.1, 0.15) is 42.5 Å². The monoisotopic (exact) mass is 398 g/mol. The van der Waals surface area contributed by atoms with E-state index in [0.29, 0.717) is 22.3 Å². The smallest absolute Gasteiger partial charge is 0.251 e. The summed E-state index contributed by atoms with van der Waals surface area (Å²) >= 11 is 5.90. The van der Waals surface area contributed by atoms with E-state index in [0.717, 1.165) is 17.5 Å². The van der Waals surface area contributed by atoms with Crippen molar-refractivity contribution in [3.63, 3.8) is 0 Å². The van der Waals surface area contributed by atoms with E-state index in [1.54, 1.807) is 24.3 Å². The number of hydrogen-bond acceptors (Lipinski definition) is 3. The Morgan fingerprint density at radius 2 is 1.93 bits per heavy atom. The molecule has 0 radical (unpaired) electrons. The molecule has 1 atom stereocenters. The molecule has 0 saturated heterocycles. The lowest BCUT2D eigenvalue weighted by Gasteiger charge is -2.19. The van der Waals surface area contributed by atoms with Crippen LogP contribution in [0.25, 0.3) is 11.0 Å². The highest BCUT2D eigenvalue weighted by molar-refractivity contribution is 6.30. The molecule has 7 heteroatoms. The van der Waals surface area contributed by atoms with Gasteiger partial charge in [-0.25, -0.2) is 4.98 Å². The Hall–Kier alpha value is -2.86. The lowest BCUT2D eigenvalue weighted by molar-refractivity contribution is -0.121. The van der Waals surface area contributed by atoms with Gasteiger partial charge in [0, 0.05) is 10.6 Å². The number of hydrogen-bond donors (Lipinski definition) is 3. The summed E-state index contributed by atoms with van der Waals surface area (Å²) in [7, 11) is 0. The number of aromatic nitrogens is 2. The number of halogens is 1. The van der Waals surface area contributed by atoms with Crippen LogP contribution in [0.3, 0.4) is 0 Å². The highest BCUT2D eigenvalue weighted by Crippen LogP contribution is 2.21. The summed E-state index contributed by atoms with van der Waals surface area (Å²) in [5.41, 5.74) is 2.20. The largest absolute Gasteiger partial charge is 0.345 e. The van der Waals surface area contributed by atoms with E-state index in [2.05, 4.69) is 34.4 Å². The molecule has 3 aromatic rings. The van der Waals surface area contributed by atoms with Crippen molar-refractivity contribution in [3.05, 3.63) is 64.9 Å². The van der Waals surface area contributed by atoms with Crippen molar-refractivity contribution in [2.24, 2.45) is 5.92 Å². The Morgan fingerprint density at radius 1 is 1.14 bits per heavy atom. The number of rotatable bonds is 7. The maximum absolute atomic E-state index is 12.4. The second-order valence-electron chi connectivity index (χ2n) is 7.08. The Kier molecular flexibility index (Phi) is 6.31. The zero-order chi connectivity index (χ0) is 20.1. The normalized spacial score (nSPS) is 12.1. The molecule has 2 amide bonds. The summed E-state index contributed by atoms with van der Waals surface area (Å²) in [4.78, 5) is 32.5. The fraction of sp³-hybridized carbons (Fsp3) is 0.286. The van der Waals surface area contributed by atoms with Gasteiger partial charge in [-0.15, -0.1) is 0 Å². The molecule has 2 aromatic carbocycles. The third kappa shape index (κ3) is 5.10. The number of nitrogens with one attached hydrogen (secondary N) is 3. The SMILES string of the molecule is CC(C)C[C@@H](NC(=O)CNC(=O)c1cccc(Cl)c1)c1nc2ccccc2[nH]1. The van der Waals surface area contributed by atoms with E-state index < -0.39 is 0 Å². The molecular weight excluding hydrogens is 376 g/mol. The highest BCUT2D eigenvalue weighted by atomic mass is 35.5. The molecule has 0 aliphatic rings. The average molecular weight is 399 g/mol. The van der Waals surface area contributed by atoms with E-state index in [-0.39, 0.29) is 24.4 Å². The van der Waals surface area contributed by atoms with Crippen molar-refractivity contribution in [2.75, 3.05) is 6.54 Å². The van der Waals surface area contributed by atoms with Crippen LogP contribution in [-0.2, 0) is 4.79 Å². The van der Waals surface area contributed by atoms with Gasteiger partial charge in [0.25, 0.3) is 5.91 Å². The number of carbonyl (C=O) groups is 2. The summed E-state index contributed by atoms with van der Waals surface area (Å²) < 4.78 is 0. The fourth-order valence-electron chi connectivity index (χ4n) is 2.99. The molecule has 6 nitrogen and oxygen atoms in total. The Balaban J connectivity index is 1.65. The first-order chi connectivity index (χ1) is 13.4. The summed E-state index contributed by atoms with van der Waals surface area (Å²) in [6.07, 6.45) is 0.730. The Labute approximate surface area is 168 Å². The number of benzene rings is 2. The standard InChI is InChI=1S/C21H23ClN4O2/c1-13(2)10-18(20-25-16-8-3-4-9-17(16)26-20)24-19(27)12-23-21(28)14-6-5-7-15(22)11-14/h3-9,11,13,18H,10,12H2,1-2H3,(H,23,28)(H,24,27)(H,25,26)/t18-/m1/s1. The van der Waals surface area contributed by atoms with Crippen LogP contribution in [0.15, 0.2) is 48.5 Å². The van der Waals surface area contributed by atoms with Crippen LogP contribution in [0.4, 0.5) is 0 Å². The van der Waals surface area contributed by atoms with Crippen LogP contribution >= 0.6 is 11.6 Å². The second-order valence-corrected chi connectivity index (χ2v) is 7.52. The van der Waals surface area contributed by atoms with Crippen molar-refractivity contribution in [3.8, 4) is 0 Å². The number of para-hydroxylation sites is 2. The predicted molar refractivity (Wildman–Crippen MR) is 110 cm³/mol. The van der Waals surface area contributed by atoms with Gasteiger partial charge in [-0.3, -0.25) is 9.59 Å². The molecule has 1 aromatic heterocycles. The van der Waals surface area contributed by atoms with Crippen LogP contribution in [-0.4, -0.2) is 28.3 Å². The number of carbonyl (C=O) groups excluding carboxylic acids is 2. The first-order valence-electron chi connectivity index (χ1n) is 9.20. The lowest BCUT2D eigenvalue weighted by atomic mass is 10.0. The molecule has 0 aliphatic carbocycles. The number of amides is 2. The lowest BCUT2D eigenvalue weighted by Crippen LogP contribution is -2.39. The van der Waals surface area contributed by atoms with Gasteiger partial charge < -0.3 is 15.6 Å². The Bertz CT molecular complexity index is 950. The molecule has 3 rings (SSSR count). The van der Waals surface area contributed by atoms with Gasteiger partial charge in [-0.1, -0.05) is 43.6 Å². The average Bonchev–Trinajstić information content (AvgIpc) is 3.09. The number of aromatic amines is 1. The molecule has 1 heterocycles. The number of nitrogens with zero attached hydrogens (tertiary/aromatic N) is 1. The van der Waals surface area contributed by atoms with Crippen LogP contribution in [0, 0.1) is 5.92 Å². The number of imidazole rings is 1. The van der Waals surface area contributed by atoms with E-state index in [1.165, 1.54) is 0 Å². The molecule has 28 heavy (non-hydrogen) atoms. The molecule has 0 bridgehead atoms. The second kappa shape index (κ2) is 8.89. The maximum Gasteiger partial charge on any atom is 0.251 e. The zero-order valence-electron chi connectivity index (χ0n) is 15.8. The molecule has 146 valence electrons. The first kappa shape index (κ1) is 19.9. The fourth-order valence-corrected chi connectivity index (χ4v) is 3.18. The maximum atomic E-state index is 12.4. The quantitative estimate of drug-likeness (QED) is 0.565. The summed E-state index contributed by atoms with van der Waals surface area (Å²) in [6, 6.07) is 14.1. The third-order valence-corrected chi connectivity index (χ3v) is 4.51. The summed E-state index contributed by atoms with van der Waals surface area (Å²) in [5, 5.41) is 6.06. The van der Waals surface area contributed by atoms with Gasteiger partial charge in [0.05, 0.1) is 23.6 Å². The molecule has 0 fully saturated rings. The van der Waals surface area contributed by atoms with Crippen molar-refractivity contribution in [1.82, 2.24) is 20.6 Å². The molecule has 0 spiro atoms. The van der Waals surface area contributed by atoms with E-state index in [1.807, 2.05) is 24.3 Å². The van der Waals surface area contributed by atoms with E-state index in [4.69, 9.17) is 11.6 Å². The van der Waals surface area contributed by atoms with Crippen molar-refractivity contribution in [2.45, 2.75) is 26.3 Å². The topological polar surface area (TPSA) is 86.9 Å². The van der Waals surface area contributed by atoms with Crippen LogP contribution < -0.4 is 10.6 Å². The Morgan fingerprint density at radius 3 is 2.64 bits per heavy atom.